The lowest BCUT2D eigenvalue weighted by Crippen LogP contribution is -2.59. The first-order chi connectivity index (χ1) is 8.93. The monoisotopic (exact) mass is 287 g/mol. The number of carboxylic acid groups (broad SMARTS) is 1. The van der Waals surface area contributed by atoms with Gasteiger partial charge in [-0.1, -0.05) is 6.07 Å². The second-order valence-corrected chi connectivity index (χ2v) is 6.97. The zero-order valence-corrected chi connectivity index (χ0v) is 13.0. The zero-order chi connectivity index (χ0) is 14.9. The topological polar surface area (TPSA) is 71.7 Å². The largest absolute Gasteiger partial charge is 0.572 e. The molecule has 0 amide bonds. The van der Waals surface area contributed by atoms with E-state index in [9.17, 15) is 0 Å². The van der Waals surface area contributed by atoms with E-state index in [0.717, 1.165) is 6.92 Å². The van der Waals surface area contributed by atoms with Crippen molar-refractivity contribution >= 4 is 14.8 Å². The summed E-state index contributed by atoms with van der Waals surface area (Å²) in [5.74, 6) is -1.08. The van der Waals surface area contributed by atoms with E-state index in [1.807, 2.05) is 42.1 Å². The van der Waals surface area contributed by atoms with Gasteiger partial charge in [0.2, 0.25) is 5.67 Å². The van der Waals surface area contributed by atoms with Crippen LogP contribution in [0.2, 0.25) is 0 Å². The number of nitrogens with zero attached hydrogens (tertiary/aromatic N) is 1. The Labute approximate surface area is 114 Å². The minimum absolute atomic E-state index is 0.0544. The molecule has 0 saturated carbocycles. The molecule has 0 N–H and O–H groups in total. The Morgan fingerprint density at radius 3 is 1.79 bits per heavy atom. The molecule has 1 aromatic rings. The van der Waals surface area contributed by atoms with Crippen LogP contribution in [0.15, 0.2) is 30.6 Å². The average molecular weight is 287 g/mol. The van der Waals surface area contributed by atoms with Gasteiger partial charge in [-0.25, -0.2) is 0 Å². The van der Waals surface area contributed by atoms with Crippen LogP contribution in [0, 0.1) is 0 Å². The van der Waals surface area contributed by atoms with Crippen LogP contribution in [0.3, 0.4) is 0 Å². The number of hydrogen-bond acceptors (Lipinski definition) is 5. The second-order valence-electron chi connectivity index (χ2n) is 3.71. The number of carboxylic acids is 1. The fourth-order valence-electron chi connectivity index (χ4n) is 1.61. The molecule has 19 heavy (non-hydrogen) atoms. The highest BCUT2D eigenvalue weighted by Gasteiger charge is 2.51. The van der Waals surface area contributed by atoms with Gasteiger partial charge < -0.3 is 23.2 Å². The third-order valence-corrected chi connectivity index (χ3v) is 5.58. The summed E-state index contributed by atoms with van der Waals surface area (Å²) < 4.78 is 18.3. The van der Waals surface area contributed by atoms with Gasteiger partial charge >= 0.3 is 8.80 Å². The fourth-order valence-corrected chi connectivity index (χ4v) is 3.68. The van der Waals surface area contributed by atoms with Crippen molar-refractivity contribution < 1.29 is 27.7 Å². The van der Waals surface area contributed by atoms with Crippen LogP contribution in [-0.2, 0) is 18.1 Å². The maximum absolute atomic E-state index is 8.89. The quantitative estimate of drug-likeness (QED) is 0.549. The summed E-state index contributed by atoms with van der Waals surface area (Å²) in [6, 6.07) is 5.91. The van der Waals surface area contributed by atoms with Crippen LogP contribution >= 0.6 is 0 Å². The van der Waals surface area contributed by atoms with E-state index in [4.69, 9.17) is 23.2 Å². The molecule has 0 aliphatic rings. The normalized spacial score (nSPS) is 12.3. The number of pyridine rings is 1. The molecule has 1 atom stereocenters. The van der Waals surface area contributed by atoms with Crippen LogP contribution in [0.1, 0.15) is 19.5 Å². The predicted molar refractivity (Wildman–Crippen MR) is 68.8 cm³/mol. The first-order valence-electron chi connectivity index (χ1n) is 5.72. The van der Waals surface area contributed by atoms with Crippen molar-refractivity contribution in [2.24, 2.45) is 0 Å². The average Bonchev–Trinajstić information content (AvgIpc) is 2.41. The molecular weight excluding hydrogens is 266 g/mol. The summed E-state index contributed by atoms with van der Waals surface area (Å²) in [5.41, 5.74) is 0.0544. The van der Waals surface area contributed by atoms with Crippen molar-refractivity contribution in [1.82, 2.24) is 0 Å². The SMILES string of the molecule is CC(=O)[O-].CO[Si](OC)(OC)C(C)[n+]1ccccc1. The molecule has 6 nitrogen and oxygen atoms in total. The smallest absolute Gasteiger partial charge is 0.550 e. The van der Waals surface area contributed by atoms with Gasteiger partial charge in [0, 0.05) is 46.4 Å². The van der Waals surface area contributed by atoms with Crippen molar-refractivity contribution in [3.8, 4) is 0 Å². The van der Waals surface area contributed by atoms with E-state index >= 15 is 0 Å². The van der Waals surface area contributed by atoms with Gasteiger partial charge in [-0.3, -0.25) is 0 Å². The maximum atomic E-state index is 8.89. The van der Waals surface area contributed by atoms with Gasteiger partial charge in [0.15, 0.2) is 12.4 Å². The Balaban J connectivity index is 0.000000711. The molecule has 0 saturated heterocycles. The molecule has 0 aliphatic heterocycles. The third kappa shape index (κ3) is 5.47. The summed E-state index contributed by atoms with van der Waals surface area (Å²) in [5, 5.41) is 8.89. The van der Waals surface area contributed by atoms with Crippen molar-refractivity contribution in [2.75, 3.05) is 21.3 Å². The first kappa shape index (κ1) is 17.7. The summed E-state index contributed by atoms with van der Waals surface area (Å²) in [6.07, 6.45) is 3.95. The van der Waals surface area contributed by atoms with Crippen LogP contribution < -0.4 is 9.67 Å². The Kier molecular flexibility index (Phi) is 8.16. The molecule has 1 aromatic heterocycles. The number of hydrogen-bond donors (Lipinski definition) is 0. The van der Waals surface area contributed by atoms with Crippen molar-refractivity contribution in [3.05, 3.63) is 30.6 Å². The molecule has 0 bridgehead atoms. The summed E-state index contributed by atoms with van der Waals surface area (Å²) >= 11 is 0. The van der Waals surface area contributed by atoms with E-state index in [1.54, 1.807) is 21.3 Å². The van der Waals surface area contributed by atoms with Gasteiger partial charge in [-0.05, 0) is 6.92 Å². The zero-order valence-electron chi connectivity index (χ0n) is 12.0. The van der Waals surface area contributed by atoms with Crippen LogP contribution in [0.5, 0.6) is 0 Å². The summed E-state index contributed by atoms with van der Waals surface area (Å²) in [4.78, 5) is 8.89. The van der Waals surface area contributed by atoms with E-state index in [2.05, 4.69) is 0 Å². The molecular formula is C12H21NO5Si. The van der Waals surface area contributed by atoms with Gasteiger partial charge in [-0.15, -0.1) is 0 Å². The van der Waals surface area contributed by atoms with Crippen LogP contribution in [-0.4, -0.2) is 36.1 Å². The Morgan fingerprint density at radius 2 is 1.47 bits per heavy atom. The van der Waals surface area contributed by atoms with Gasteiger partial charge in [-0.2, -0.15) is 4.57 Å². The highest BCUT2D eigenvalue weighted by Crippen LogP contribution is 2.17. The second kappa shape index (κ2) is 8.76. The Hall–Kier alpha value is -1.28. The van der Waals surface area contributed by atoms with Crippen molar-refractivity contribution in [1.29, 1.82) is 0 Å². The molecule has 1 rings (SSSR count). The van der Waals surface area contributed by atoms with E-state index in [1.165, 1.54) is 0 Å². The number of carbonyl (C=O) groups excluding carboxylic acids is 1. The summed E-state index contributed by atoms with van der Waals surface area (Å²) in [6.45, 7) is 3.00. The Bertz CT molecular complexity index is 357. The molecule has 0 spiro atoms. The maximum Gasteiger partial charge on any atom is 0.572 e. The van der Waals surface area contributed by atoms with Crippen molar-refractivity contribution in [2.45, 2.75) is 19.5 Å². The number of aliphatic carboxylic acids is 1. The molecule has 0 fully saturated rings. The third-order valence-electron chi connectivity index (χ3n) is 2.55. The predicted octanol–water partition coefficient (Wildman–Crippen LogP) is -0.291. The van der Waals surface area contributed by atoms with Gasteiger partial charge in [0.25, 0.3) is 0 Å². The number of aromatic nitrogens is 1. The lowest BCUT2D eigenvalue weighted by Gasteiger charge is -2.26. The van der Waals surface area contributed by atoms with Crippen LogP contribution in [0.4, 0.5) is 0 Å². The molecule has 108 valence electrons. The van der Waals surface area contributed by atoms with Gasteiger partial charge in [0.1, 0.15) is 0 Å². The van der Waals surface area contributed by atoms with E-state index in [-0.39, 0.29) is 5.67 Å². The molecule has 0 radical (unpaired) electrons. The first-order valence-corrected chi connectivity index (χ1v) is 7.52. The van der Waals surface area contributed by atoms with Gasteiger partial charge in [0.05, 0.1) is 0 Å². The number of rotatable bonds is 5. The molecule has 1 heterocycles. The highest BCUT2D eigenvalue weighted by molar-refractivity contribution is 6.60. The fraction of sp³-hybridized carbons (Fsp3) is 0.500. The van der Waals surface area contributed by atoms with E-state index < -0.39 is 14.8 Å². The van der Waals surface area contributed by atoms with E-state index in [0.29, 0.717) is 0 Å². The standard InChI is InChI=1S/C10H18NO3Si.C2H4O2/c1-10(11-8-6-5-7-9-11)15(12-2,13-3)14-4;1-2(3)4/h5-10H,1-4H3;1H3,(H,3,4)/q+1;/p-1. The molecule has 7 heteroatoms. The minimum Gasteiger partial charge on any atom is -0.550 e. The Morgan fingerprint density at radius 1 is 1.11 bits per heavy atom. The van der Waals surface area contributed by atoms with Crippen LogP contribution in [0.25, 0.3) is 0 Å². The lowest BCUT2D eigenvalue weighted by atomic mass is 10.5. The molecule has 1 unspecified atom stereocenters. The highest BCUT2D eigenvalue weighted by atomic mass is 28.4. The number of carbonyl (C=O) groups is 1. The summed E-state index contributed by atoms with van der Waals surface area (Å²) in [7, 11) is 2.27. The molecule has 0 aliphatic carbocycles. The minimum atomic E-state index is -2.60. The van der Waals surface area contributed by atoms with Crippen molar-refractivity contribution in [3.63, 3.8) is 0 Å². The lowest BCUT2D eigenvalue weighted by molar-refractivity contribution is -0.706. The molecule has 0 aromatic carbocycles.